The first-order valence-corrected chi connectivity index (χ1v) is 4.21. The van der Waals surface area contributed by atoms with Crippen molar-refractivity contribution in [2.45, 2.75) is 0 Å². The normalized spacial score (nSPS) is 10.2. The Kier molecular flexibility index (Phi) is 2.21. The largest absolute Gasteiger partial charge is 0.478 e. The smallest absolute Gasteiger partial charge is 0.339 e. The number of nitrogens with zero attached hydrogens (tertiary/aromatic N) is 1. The first-order valence-electron chi connectivity index (χ1n) is 4.21. The number of carbonyl (C=O) groups is 1. The van der Waals surface area contributed by atoms with E-state index in [1.165, 1.54) is 18.3 Å². The molecule has 0 atom stereocenters. The molecule has 2 rings (SSSR count). The van der Waals surface area contributed by atoms with E-state index in [4.69, 9.17) is 5.11 Å². The van der Waals surface area contributed by atoms with Crippen LogP contribution in [0.5, 0.6) is 0 Å². The second-order valence-electron chi connectivity index (χ2n) is 2.94. The fraction of sp³-hybridized carbons (Fsp3) is 0. The minimum atomic E-state index is -1.29. The van der Waals surface area contributed by atoms with Gasteiger partial charge in [0.15, 0.2) is 0 Å². The van der Waals surface area contributed by atoms with E-state index < -0.39 is 11.8 Å². The molecule has 0 aliphatic rings. The Labute approximate surface area is 84.4 Å². The lowest BCUT2D eigenvalue weighted by Crippen LogP contribution is -2.03. The predicted octanol–water partition coefficient (Wildman–Crippen LogP) is 1.91. The van der Waals surface area contributed by atoms with Gasteiger partial charge in [0.1, 0.15) is 11.4 Å². The van der Waals surface area contributed by atoms with Crippen molar-refractivity contribution in [3.63, 3.8) is 0 Å². The van der Waals surface area contributed by atoms with E-state index in [9.17, 15) is 9.18 Å². The van der Waals surface area contributed by atoms with Gasteiger partial charge in [-0.1, -0.05) is 12.1 Å². The average Bonchev–Trinajstić information content (AvgIpc) is 2.69. The Balaban J connectivity index is 2.66. The van der Waals surface area contributed by atoms with Crippen molar-refractivity contribution in [2.75, 3.05) is 0 Å². The fourth-order valence-electron chi connectivity index (χ4n) is 1.37. The summed E-state index contributed by atoms with van der Waals surface area (Å²) in [6.45, 7) is 0. The molecule has 0 saturated heterocycles. The standard InChI is InChI=1S/C10H7FN2O2/c11-7-3-1-2-6(9(7)10(14)15)8-4-5-12-13-8/h1-5H,(H,12,13)(H,14,15). The van der Waals surface area contributed by atoms with Gasteiger partial charge in [0.05, 0.1) is 5.69 Å². The molecular weight excluding hydrogens is 199 g/mol. The van der Waals surface area contributed by atoms with Crippen molar-refractivity contribution in [1.82, 2.24) is 10.2 Å². The van der Waals surface area contributed by atoms with Gasteiger partial charge in [-0.15, -0.1) is 0 Å². The third-order valence-electron chi connectivity index (χ3n) is 2.02. The van der Waals surface area contributed by atoms with Gasteiger partial charge in [-0.2, -0.15) is 5.10 Å². The zero-order valence-electron chi connectivity index (χ0n) is 7.57. The molecule has 0 amide bonds. The van der Waals surface area contributed by atoms with Crippen molar-refractivity contribution < 1.29 is 14.3 Å². The molecule has 1 aromatic carbocycles. The third kappa shape index (κ3) is 1.59. The van der Waals surface area contributed by atoms with Crippen molar-refractivity contribution in [2.24, 2.45) is 0 Å². The van der Waals surface area contributed by atoms with Gasteiger partial charge in [-0.3, -0.25) is 5.10 Å². The topological polar surface area (TPSA) is 66.0 Å². The second kappa shape index (κ2) is 3.53. The van der Waals surface area contributed by atoms with E-state index >= 15 is 0 Å². The lowest BCUT2D eigenvalue weighted by Gasteiger charge is -2.03. The summed E-state index contributed by atoms with van der Waals surface area (Å²) < 4.78 is 13.3. The number of aromatic nitrogens is 2. The maximum absolute atomic E-state index is 13.3. The predicted molar refractivity (Wildman–Crippen MR) is 50.9 cm³/mol. The van der Waals surface area contributed by atoms with Crippen molar-refractivity contribution >= 4 is 5.97 Å². The van der Waals surface area contributed by atoms with Crippen molar-refractivity contribution in [3.8, 4) is 11.3 Å². The molecule has 0 fully saturated rings. The lowest BCUT2D eigenvalue weighted by molar-refractivity contribution is 0.0693. The maximum Gasteiger partial charge on any atom is 0.339 e. The summed E-state index contributed by atoms with van der Waals surface area (Å²) in [7, 11) is 0. The molecule has 2 aromatic rings. The highest BCUT2D eigenvalue weighted by molar-refractivity contribution is 5.95. The Bertz CT molecular complexity index is 494. The first-order chi connectivity index (χ1) is 7.20. The fourth-order valence-corrected chi connectivity index (χ4v) is 1.37. The number of hydrogen-bond acceptors (Lipinski definition) is 2. The van der Waals surface area contributed by atoms with Gasteiger partial charge < -0.3 is 5.11 Å². The van der Waals surface area contributed by atoms with Crippen LogP contribution in [0.3, 0.4) is 0 Å². The molecule has 0 bridgehead atoms. The number of nitrogens with one attached hydrogen (secondary N) is 1. The summed E-state index contributed by atoms with van der Waals surface area (Å²) in [6.07, 6.45) is 1.48. The number of benzene rings is 1. The maximum atomic E-state index is 13.3. The van der Waals surface area contributed by atoms with Gasteiger partial charge in [-0.25, -0.2) is 9.18 Å². The van der Waals surface area contributed by atoms with Crippen molar-refractivity contribution in [3.05, 3.63) is 41.8 Å². The molecule has 1 aromatic heterocycles. The van der Waals surface area contributed by atoms with Crippen LogP contribution < -0.4 is 0 Å². The van der Waals surface area contributed by atoms with Gasteiger partial charge in [0, 0.05) is 11.8 Å². The Morgan fingerprint density at radius 1 is 1.40 bits per heavy atom. The summed E-state index contributed by atoms with van der Waals surface area (Å²) in [5, 5.41) is 15.2. The molecule has 0 unspecified atom stereocenters. The average molecular weight is 206 g/mol. The number of hydrogen-bond donors (Lipinski definition) is 2. The summed E-state index contributed by atoms with van der Waals surface area (Å²) in [6, 6.07) is 5.68. The van der Waals surface area contributed by atoms with Gasteiger partial charge in [0.2, 0.25) is 0 Å². The zero-order valence-corrected chi connectivity index (χ0v) is 7.57. The number of H-pyrrole nitrogens is 1. The van der Waals surface area contributed by atoms with Crippen molar-refractivity contribution in [1.29, 1.82) is 0 Å². The van der Waals surface area contributed by atoms with Crippen LogP contribution >= 0.6 is 0 Å². The number of aromatic amines is 1. The highest BCUT2D eigenvalue weighted by atomic mass is 19.1. The Hall–Kier alpha value is -2.17. The van der Waals surface area contributed by atoms with Crippen LogP contribution in [0, 0.1) is 5.82 Å². The first kappa shape index (κ1) is 9.39. The lowest BCUT2D eigenvalue weighted by atomic mass is 10.0. The molecule has 0 spiro atoms. The summed E-state index contributed by atoms with van der Waals surface area (Å²) in [4.78, 5) is 10.9. The zero-order chi connectivity index (χ0) is 10.8. The number of halogens is 1. The monoisotopic (exact) mass is 206 g/mol. The molecule has 1 heterocycles. The minimum Gasteiger partial charge on any atom is -0.478 e. The van der Waals surface area contributed by atoms with Gasteiger partial charge >= 0.3 is 5.97 Å². The van der Waals surface area contributed by atoms with Crippen LogP contribution in [0.2, 0.25) is 0 Å². The van der Waals surface area contributed by atoms with Crippen LogP contribution in [-0.2, 0) is 0 Å². The highest BCUT2D eigenvalue weighted by Crippen LogP contribution is 2.23. The minimum absolute atomic E-state index is 0.292. The number of rotatable bonds is 2. The third-order valence-corrected chi connectivity index (χ3v) is 2.02. The van der Waals surface area contributed by atoms with E-state index in [2.05, 4.69) is 10.2 Å². The molecule has 0 radical (unpaired) electrons. The Morgan fingerprint density at radius 3 is 2.80 bits per heavy atom. The van der Waals surface area contributed by atoms with Gasteiger partial charge in [0.25, 0.3) is 0 Å². The number of carboxylic acid groups (broad SMARTS) is 1. The summed E-state index contributed by atoms with van der Waals surface area (Å²) >= 11 is 0. The second-order valence-corrected chi connectivity index (χ2v) is 2.94. The highest BCUT2D eigenvalue weighted by Gasteiger charge is 2.17. The quantitative estimate of drug-likeness (QED) is 0.788. The van der Waals surface area contributed by atoms with Crippen LogP contribution in [0.15, 0.2) is 30.5 Å². The molecule has 0 aliphatic heterocycles. The molecule has 15 heavy (non-hydrogen) atoms. The van der Waals surface area contributed by atoms with Crippen LogP contribution in [0.1, 0.15) is 10.4 Å². The number of carboxylic acids is 1. The molecule has 2 N–H and O–H groups in total. The van der Waals surface area contributed by atoms with Gasteiger partial charge in [-0.05, 0) is 12.1 Å². The molecule has 5 heteroatoms. The number of aromatic carboxylic acids is 1. The van der Waals surface area contributed by atoms with E-state index in [-0.39, 0.29) is 5.56 Å². The van der Waals surface area contributed by atoms with Crippen LogP contribution in [0.25, 0.3) is 11.3 Å². The van der Waals surface area contributed by atoms with E-state index in [1.807, 2.05) is 0 Å². The SMILES string of the molecule is O=C(O)c1c(F)cccc1-c1ccn[nH]1. The molecule has 4 nitrogen and oxygen atoms in total. The Morgan fingerprint density at radius 2 is 2.20 bits per heavy atom. The van der Waals surface area contributed by atoms with E-state index in [1.54, 1.807) is 6.07 Å². The van der Waals surface area contributed by atoms with Crippen LogP contribution in [0.4, 0.5) is 4.39 Å². The molecule has 76 valence electrons. The van der Waals surface area contributed by atoms with E-state index in [0.717, 1.165) is 6.07 Å². The molecule has 0 saturated carbocycles. The summed E-state index contributed by atoms with van der Waals surface area (Å²) in [5.74, 6) is -2.05. The molecular formula is C10H7FN2O2. The van der Waals surface area contributed by atoms with Crippen LogP contribution in [-0.4, -0.2) is 21.3 Å². The van der Waals surface area contributed by atoms with E-state index in [0.29, 0.717) is 11.3 Å². The molecule has 0 aliphatic carbocycles. The summed E-state index contributed by atoms with van der Waals surface area (Å²) in [5.41, 5.74) is 0.425.